The van der Waals surface area contributed by atoms with Crippen LogP contribution in [0.2, 0.25) is 0 Å². The van der Waals surface area contributed by atoms with E-state index in [2.05, 4.69) is 19.6 Å². The zero-order chi connectivity index (χ0) is 14.5. The first-order valence-corrected chi connectivity index (χ1v) is 7.93. The van der Waals surface area contributed by atoms with Gasteiger partial charge in [0.1, 0.15) is 0 Å². The van der Waals surface area contributed by atoms with E-state index in [-0.39, 0.29) is 18.1 Å². The molecule has 114 valence electrons. The molecule has 2 fully saturated rings. The van der Waals surface area contributed by atoms with Gasteiger partial charge >= 0.3 is 0 Å². The van der Waals surface area contributed by atoms with Crippen molar-refractivity contribution in [2.45, 2.75) is 64.9 Å². The topological polar surface area (TPSA) is 66.5 Å². The molecule has 2 aliphatic rings. The molecule has 0 heterocycles. The molecule has 0 aromatic heterocycles. The molecule has 0 aliphatic heterocycles. The Balaban J connectivity index is 0.000000861. The Kier molecular flexibility index (Phi) is 6.78. The molecule has 3 unspecified atom stereocenters. The number of aliphatic hydroxyl groups is 2. The van der Waals surface area contributed by atoms with Crippen molar-refractivity contribution >= 4 is 0 Å². The summed E-state index contributed by atoms with van der Waals surface area (Å²) in [7, 11) is 1.50. The molecule has 2 rings (SSSR count). The third kappa shape index (κ3) is 3.93. The maximum Gasteiger partial charge on any atom is 0.0544 e. The van der Waals surface area contributed by atoms with Gasteiger partial charge in [-0.05, 0) is 62.3 Å². The molecule has 2 aliphatic carbocycles. The van der Waals surface area contributed by atoms with Gasteiger partial charge in [-0.3, -0.25) is 0 Å². The highest BCUT2D eigenvalue weighted by molar-refractivity contribution is 4.94. The van der Waals surface area contributed by atoms with Crippen LogP contribution >= 0.6 is 0 Å². The monoisotopic (exact) mass is 271 g/mol. The second kappa shape index (κ2) is 7.61. The van der Waals surface area contributed by atoms with Crippen LogP contribution in [0.5, 0.6) is 0 Å². The van der Waals surface area contributed by atoms with E-state index in [4.69, 9.17) is 0 Å². The molecule has 0 radical (unpaired) electrons. The van der Waals surface area contributed by atoms with Crippen molar-refractivity contribution in [3.05, 3.63) is 0 Å². The van der Waals surface area contributed by atoms with Crippen molar-refractivity contribution in [2.75, 3.05) is 13.7 Å². The summed E-state index contributed by atoms with van der Waals surface area (Å²) in [6.45, 7) is 4.97. The van der Waals surface area contributed by atoms with Crippen molar-refractivity contribution in [2.24, 2.45) is 28.9 Å². The van der Waals surface area contributed by atoms with Crippen LogP contribution in [0.3, 0.4) is 0 Å². The minimum absolute atomic E-state index is 0.178. The predicted molar refractivity (Wildman–Crippen MR) is 79.8 cm³/mol. The Labute approximate surface area is 118 Å². The van der Waals surface area contributed by atoms with Crippen LogP contribution in [0.25, 0.3) is 0 Å². The molecule has 0 spiro atoms. The molecule has 0 bridgehead atoms. The Hall–Kier alpha value is -0.120. The molecule has 0 amide bonds. The summed E-state index contributed by atoms with van der Waals surface area (Å²) in [6, 6.07) is 0. The zero-order valence-corrected chi connectivity index (χ0v) is 12.9. The molecular weight excluding hydrogens is 238 g/mol. The Morgan fingerprint density at radius 3 is 2.21 bits per heavy atom. The normalized spacial score (nSPS) is 43.3. The van der Waals surface area contributed by atoms with Gasteiger partial charge in [-0.2, -0.15) is 0 Å². The molecule has 19 heavy (non-hydrogen) atoms. The summed E-state index contributed by atoms with van der Waals surface area (Å²) in [6.07, 6.45) is 8.00. The van der Waals surface area contributed by atoms with E-state index in [1.807, 2.05) is 0 Å². The van der Waals surface area contributed by atoms with Crippen molar-refractivity contribution < 1.29 is 10.2 Å². The lowest BCUT2D eigenvalue weighted by Gasteiger charge is -2.49. The van der Waals surface area contributed by atoms with Crippen LogP contribution in [0.1, 0.15) is 58.8 Å². The molecule has 3 atom stereocenters. The summed E-state index contributed by atoms with van der Waals surface area (Å²) in [5.41, 5.74) is 4.77. The average molecular weight is 271 g/mol. The van der Waals surface area contributed by atoms with Crippen molar-refractivity contribution in [3.8, 4) is 0 Å². The highest BCUT2D eigenvalue weighted by Gasteiger charge is 2.45. The molecule has 0 aromatic carbocycles. The first kappa shape index (κ1) is 16.9. The highest BCUT2D eigenvalue weighted by atomic mass is 16.3. The maximum atomic E-state index is 9.77. The van der Waals surface area contributed by atoms with E-state index >= 15 is 0 Å². The van der Waals surface area contributed by atoms with Crippen LogP contribution in [-0.2, 0) is 0 Å². The van der Waals surface area contributed by atoms with Gasteiger partial charge in [0.25, 0.3) is 0 Å². The van der Waals surface area contributed by atoms with Gasteiger partial charge in [0, 0.05) is 6.61 Å². The number of hydrogen-bond acceptors (Lipinski definition) is 3. The highest BCUT2D eigenvalue weighted by Crippen LogP contribution is 2.51. The van der Waals surface area contributed by atoms with Gasteiger partial charge < -0.3 is 15.9 Å². The third-order valence-electron chi connectivity index (χ3n) is 5.67. The van der Waals surface area contributed by atoms with Crippen LogP contribution in [-0.4, -0.2) is 30.0 Å². The maximum absolute atomic E-state index is 9.77. The van der Waals surface area contributed by atoms with Gasteiger partial charge in [-0.25, -0.2) is 0 Å². The number of rotatable bonds is 2. The Morgan fingerprint density at radius 1 is 1.11 bits per heavy atom. The van der Waals surface area contributed by atoms with Gasteiger partial charge in [0.15, 0.2) is 0 Å². The first-order valence-electron chi connectivity index (χ1n) is 7.93. The van der Waals surface area contributed by atoms with E-state index in [1.54, 1.807) is 0 Å². The lowest BCUT2D eigenvalue weighted by atomic mass is 9.57. The quantitative estimate of drug-likeness (QED) is 0.723. The standard InChI is InChI=1S/C15H28O2.CH5N/c1-11-3-5-12(6-4-11)15(2)8-7-14(17)9-13(15)10-16;1-2/h11-14,16-17H,3-10H2,1-2H3;2H2,1H3. The van der Waals surface area contributed by atoms with Gasteiger partial charge in [0.2, 0.25) is 0 Å². The van der Waals surface area contributed by atoms with Crippen molar-refractivity contribution in [1.82, 2.24) is 0 Å². The van der Waals surface area contributed by atoms with Crippen molar-refractivity contribution in [1.29, 1.82) is 0 Å². The van der Waals surface area contributed by atoms with Crippen LogP contribution in [0.4, 0.5) is 0 Å². The minimum atomic E-state index is -0.178. The SMILES string of the molecule is CC1CCC(C2(C)CCC(O)CC2CO)CC1.CN. The van der Waals surface area contributed by atoms with Crippen LogP contribution in [0.15, 0.2) is 0 Å². The molecular formula is C16H33NO2. The Morgan fingerprint density at radius 2 is 1.68 bits per heavy atom. The van der Waals surface area contributed by atoms with E-state index in [1.165, 1.54) is 32.7 Å². The summed E-state index contributed by atoms with van der Waals surface area (Å²) in [5.74, 6) is 1.96. The molecule has 2 saturated carbocycles. The van der Waals surface area contributed by atoms with Crippen molar-refractivity contribution in [3.63, 3.8) is 0 Å². The summed E-state index contributed by atoms with van der Waals surface area (Å²) < 4.78 is 0. The fourth-order valence-electron chi connectivity index (χ4n) is 4.14. The Bertz CT molecular complexity index is 251. The fraction of sp³-hybridized carbons (Fsp3) is 1.00. The summed E-state index contributed by atoms with van der Waals surface area (Å²) >= 11 is 0. The second-order valence-corrected chi connectivity index (χ2v) is 6.77. The van der Waals surface area contributed by atoms with E-state index in [0.717, 1.165) is 31.1 Å². The van der Waals surface area contributed by atoms with Crippen LogP contribution in [0, 0.1) is 23.2 Å². The first-order chi connectivity index (χ1) is 9.06. The largest absolute Gasteiger partial charge is 0.396 e. The van der Waals surface area contributed by atoms with Crippen LogP contribution < -0.4 is 5.73 Å². The van der Waals surface area contributed by atoms with E-state index in [0.29, 0.717) is 5.92 Å². The van der Waals surface area contributed by atoms with Gasteiger partial charge in [0.05, 0.1) is 6.10 Å². The average Bonchev–Trinajstić information content (AvgIpc) is 2.44. The molecule has 3 nitrogen and oxygen atoms in total. The van der Waals surface area contributed by atoms with E-state index < -0.39 is 0 Å². The van der Waals surface area contributed by atoms with Gasteiger partial charge in [-0.1, -0.05) is 26.7 Å². The minimum Gasteiger partial charge on any atom is -0.396 e. The predicted octanol–water partition coefficient (Wildman–Crippen LogP) is 2.55. The molecule has 4 N–H and O–H groups in total. The number of hydrogen-bond donors (Lipinski definition) is 3. The lowest BCUT2D eigenvalue weighted by molar-refractivity contribution is -0.0538. The molecule has 0 saturated heterocycles. The third-order valence-corrected chi connectivity index (χ3v) is 5.67. The number of nitrogens with two attached hydrogens (primary N) is 1. The second-order valence-electron chi connectivity index (χ2n) is 6.77. The molecule has 3 heteroatoms. The van der Waals surface area contributed by atoms with E-state index in [9.17, 15) is 10.2 Å². The fourth-order valence-corrected chi connectivity index (χ4v) is 4.14. The van der Waals surface area contributed by atoms with Gasteiger partial charge in [-0.15, -0.1) is 0 Å². The number of aliphatic hydroxyl groups excluding tert-OH is 2. The molecule has 0 aromatic rings. The zero-order valence-electron chi connectivity index (χ0n) is 12.9. The summed E-state index contributed by atoms with van der Waals surface area (Å²) in [5, 5.41) is 19.4. The lowest BCUT2D eigenvalue weighted by Crippen LogP contribution is -2.44. The smallest absolute Gasteiger partial charge is 0.0544 e. The summed E-state index contributed by atoms with van der Waals surface area (Å²) in [4.78, 5) is 0.